The van der Waals surface area contributed by atoms with Gasteiger partial charge in [0.25, 0.3) is 0 Å². The van der Waals surface area contributed by atoms with Gasteiger partial charge in [-0.15, -0.1) is 0 Å². The van der Waals surface area contributed by atoms with E-state index in [0.29, 0.717) is 15.2 Å². The smallest absolute Gasteiger partial charge is 0.245 e. The minimum absolute atomic E-state index is 0.00884. The molecule has 23 heteroatoms. The van der Waals surface area contributed by atoms with E-state index in [2.05, 4.69) is 31.9 Å². The Hall–Kier alpha value is -4.97. The maximum absolute atomic E-state index is 14.1. The molecule has 2 aliphatic rings. The molecule has 23 nitrogen and oxygen atoms in total. The van der Waals surface area contributed by atoms with Crippen molar-refractivity contribution in [1.29, 1.82) is 0 Å². The van der Waals surface area contributed by atoms with Crippen molar-refractivity contribution >= 4 is 53.2 Å². The number of carbonyl (C=O) groups is 9. The third-order valence-corrected chi connectivity index (χ3v) is 8.82. The summed E-state index contributed by atoms with van der Waals surface area (Å²) in [6.45, 7) is -0.374. The SMILES string of the molecule is CC(=O)N(O)CCCC1NC(=O)C2CC(CCN(O)C(C)=O)(N(O)C(C)=O)CCCC(NC(=O)CNC(=O)C(CO)NC(=O)C(CO)NC1=O)C(=O)N2. The quantitative estimate of drug-likeness (QED) is 0.0733. The van der Waals surface area contributed by atoms with E-state index in [0.717, 1.165) is 20.8 Å². The number of aliphatic hydroxyl groups is 2. The standard InChI is InChI=1S/C30H49N9O14/c1-16(42)37(51)10-5-7-20-27(48)36-23(15-41)29(50)35-22(14-40)25(46)31-13-24(45)32-19-6-4-8-30(39(53)18(3)44,9-11-38(52)17(2)43)12-21(28(49)33-20)34-26(19)47/h19-23,40-41,51-53H,4-15H2,1-3H3,(H,31,46)(H,32,45)(H,33,49)(H,34,47)(H,35,50)(H,36,48). The summed E-state index contributed by atoms with van der Waals surface area (Å²) in [5, 5.41) is 65.6. The van der Waals surface area contributed by atoms with E-state index in [1.54, 1.807) is 0 Å². The second-order valence-electron chi connectivity index (χ2n) is 12.8. The molecule has 0 saturated carbocycles. The molecule has 53 heavy (non-hydrogen) atoms. The van der Waals surface area contributed by atoms with Crippen LogP contribution in [0.25, 0.3) is 0 Å². The maximum Gasteiger partial charge on any atom is 0.245 e. The highest BCUT2D eigenvalue weighted by Gasteiger charge is 2.45. The molecule has 0 aromatic rings. The minimum Gasteiger partial charge on any atom is -0.394 e. The van der Waals surface area contributed by atoms with Gasteiger partial charge in [0.1, 0.15) is 30.2 Å². The molecule has 0 radical (unpaired) electrons. The van der Waals surface area contributed by atoms with Gasteiger partial charge < -0.3 is 42.1 Å². The van der Waals surface area contributed by atoms with Gasteiger partial charge in [-0.3, -0.25) is 58.8 Å². The number of nitrogens with zero attached hydrogens (tertiary/aromatic N) is 3. The molecule has 2 bridgehead atoms. The van der Waals surface area contributed by atoms with Gasteiger partial charge in [0.2, 0.25) is 53.2 Å². The summed E-state index contributed by atoms with van der Waals surface area (Å²) in [5.74, 6) is -8.57. The van der Waals surface area contributed by atoms with Crippen molar-refractivity contribution in [1.82, 2.24) is 47.1 Å². The number of amides is 9. The average Bonchev–Trinajstić information content (AvgIpc) is 3.17. The van der Waals surface area contributed by atoms with Crippen LogP contribution in [0, 0.1) is 0 Å². The number of carbonyl (C=O) groups excluding carboxylic acids is 9. The lowest BCUT2D eigenvalue weighted by Gasteiger charge is -2.42. The van der Waals surface area contributed by atoms with Crippen molar-refractivity contribution in [2.24, 2.45) is 0 Å². The number of aliphatic hydroxyl groups excluding tert-OH is 2. The summed E-state index contributed by atoms with van der Waals surface area (Å²) in [7, 11) is 0. The molecular formula is C30H49N9O14. The van der Waals surface area contributed by atoms with Crippen LogP contribution in [0.3, 0.4) is 0 Å². The van der Waals surface area contributed by atoms with Crippen LogP contribution >= 0.6 is 0 Å². The van der Waals surface area contributed by atoms with Crippen molar-refractivity contribution in [2.75, 3.05) is 32.8 Å². The van der Waals surface area contributed by atoms with Crippen LogP contribution < -0.4 is 31.9 Å². The molecule has 2 heterocycles. The topological polar surface area (TPSA) is 337 Å². The first-order valence-electron chi connectivity index (χ1n) is 16.8. The Bertz CT molecular complexity index is 1400. The van der Waals surface area contributed by atoms with E-state index < -0.39 is 122 Å². The number of nitrogens with one attached hydrogen (secondary N) is 6. The van der Waals surface area contributed by atoms with Crippen LogP contribution in [0.4, 0.5) is 0 Å². The first kappa shape index (κ1) is 44.2. The highest BCUT2D eigenvalue weighted by atomic mass is 16.5. The van der Waals surface area contributed by atoms with Gasteiger partial charge in [-0.05, 0) is 38.5 Å². The molecule has 298 valence electrons. The molecule has 0 spiro atoms. The molecule has 2 aliphatic heterocycles. The second kappa shape index (κ2) is 20.3. The Kier molecular flexibility index (Phi) is 16.9. The van der Waals surface area contributed by atoms with Gasteiger partial charge in [0.15, 0.2) is 0 Å². The van der Waals surface area contributed by atoms with Gasteiger partial charge in [-0.25, -0.2) is 15.2 Å². The summed E-state index contributed by atoms with van der Waals surface area (Å²) < 4.78 is 0. The van der Waals surface area contributed by atoms with Gasteiger partial charge >= 0.3 is 0 Å². The Morgan fingerprint density at radius 2 is 1.21 bits per heavy atom. The zero-order valence-corrected chi connectivity index (χ0v) is 29.6. The molecule has 2 saturated heterocycles. The summed E-state index contributed by atoms with van der Waals surface area (Å²) in [6, 6.07) is -8.06. The Labute approximate surface area is 303 Å². The Balaban J connectivity index is 2.68. The van der Waals surface area contributed by atoms with Crippen molar-refractivity contribution in [3.63, 3.8) is 0 Å². The molecule has 6 atom stereocenters. The summed E-state index contributed by atoms with van der Waals surface area (Å²) in [6.07, 6.45) is -1.61. The number of rotatable bonds is 10. The lowest BCUT2D eigenvalue weighted by Crippen LogP contribution is -2.62. The van der Waals surface area contributed by atoms with Crippen LogP contribution in [0.1, 0.15) is 65.7 Å². The molecule has 9 amide bonds. The van der Waals surface area contributed by atoms with Crippen LogP contribution in [0.2, 0.25) is 0 Å². The average molecular weight is 760 g/mol. The van der Waals surface area contributed by atoms with Crippen molar-refractivity contribution in [3.05, 3.63) is 0 Å². The fourth-order valence-electron chi connectivity index (χ4n) is 5.81. The van der Waals surface area contributed by atoms with Crippen LogP contribution in [0.5, 0.6) is 0 Å². The second-order valence-corrected chi connectivity index (χ2v) is 12.8. The predicted octanol–water partition coefficient (Wildman–Crippen LogP) is -5.28. The van der Waals surface area contributed by atoms with Gasteiger partial charge in [0, 0.05) is 33.7 Å². The molecule has 2 fully saturated rings. The maximum atomic E-state index is 14.1. The molecular weight excluding hydrogens is 710 g/mol. The number of hydrogen-bond acceptors (Lipinski definition) is 14. The first-order chi connectivity index (χ1) is 24.8. The van der Waals surface area contributed by atoms with Gasteiger partial charge in [-0.2, -0.15) is 0 Å². The lowest BCUT2D eigenvalue weighted by atomic mass is 9.81. The Morgan fingerprint density at radius 3 is 1.77 bits per heavy atom. The number of hydroxylamine groups is 6. The molecule has 6 unspecified atom stereocenters. The van der Waals surface area contributed by atoms with E-state index in [9.17, 15) is 69.0 Å². The van der Waals surface area contributed by atoms with E-state index in [1.165, 1.54) is 0 Å². The normalized spacial score (nSPS) is 26.4. The van der Waals surface area contributed by atoms with Crippen molar-refractivity contribution in [2.45, 2.75) is 101 Å². The Morgan fingerprint density at radius 1 is 0.679 bits per heavy atom. The number of fused-ring (bicyclic) bond motifs is 3. The molecule has 11 N–H and O–H groups in total. The molecule has 0 aromatic carbocycles. The molecule has 2 rings (SSSR count). The minimum atomic E-state index is -1.75. The summed E-state index contributed by atoms with van der Waals surface area (Å²) in [4.78, 5) is 116. The zero-order chi connectivity index (χ0) is 40.0. The van der Waals surface area contributed by atoms with Crippen LogP contribution in [0.15, 0.2) is 0 Å². The fourth-order valence-corrected chi connectivity index (χ4v) is 5.81. The third kappa shape index (κ3) is 12.9. The van der Waals surface area contributed by atoms with E-state index in [1.807, 2.05) is 0 Å². The zero-order valence-electron chi connectivity index (χ0n) is 29.6. The van der Waals surface area contributed by atoms with Gasteiger partial charge in [-0.1, -0.05) is 0 Å². The van der Waals surface area contributed by atoms with Crippen molar-refractivity contribution in [3.8, 4) is 0 Å². The molecule has 0 aliphatic carbocycles. The predicted molar refractivity (Wildman–Crippen MR) is 175 cm³/mol. The van der Waals surface area contributed by atoms with E-state index >= 15 is 0 Å². The summed E-state index contributed by atoms with van der Waals surface area (Å²) >= 11 is 0. The van der Waals surface area contributed by atoms with Crippen molar-refractivity contribution < 1.29 is 69.0 Å². The number of hydrogen-bond donors (Lipinski definition) is 11. The first-order valence-corrected chi connectivity index (χ1v) is 16.8. The largest absolute Gasteiger partial charge is 0.394 e. The highest BCUT2D eigenvalue weighted by molar-refractivity contribution is 5.97. The lowest BCUT2D eigenvalue weighted by molar-refractivity contribution is -0.203. The monoisotopic (exact) mass is 759 g/mol. The van der Waals surface area contributed by atoms with E-state index in [-0.39, 0.29) is 45.1 Å². The fraction of sp³-hybridized carbons (Fsp3) is 0.700. The summed E-state index contributed by atoms with van der Waals surface area (Å²) in [5.41, 5.74) is -1.75. The van der Waals surface area contributed by atoms with Crippen LogP contribution in [-0.4, -0.2) is 163 Å². The third-order valence-electron chi connectivity index (χ3n) is 8.82. The van der Waals surface area contributed by atoms with E-state index in [4.69, 9.17) is 0 Å². The highest BCUT2D eigenvalue weighted by Crippen LogP contribution is 2.33. The molecule has 0 aromatic heterocycles. The van der Waals surface area contributed by atoms with Crippen LogP contribution in [-0.2, 0) is 43.2 Å². The van der Waals surface area contributed by atoms with Gasteiger partial charge in [0.05, 0.1) is 31.8 Å².